The van der Waals surface area contributed by atoms with Crippen LogP contribution in [-0.2, 0) is 16.6 Å². The van der Waals surface area contributed by atoms with Gasteiger partial charge in [0, 0.05) is 19.6 Å². The molecule has 0 radical (unpaired) electrons. The quantitative estimate of drug-likeness (QED) is 0.801. The summed E-state index contributed by atoms with van der Waals surface area (Å²) < 4.78 is 7.06. The van der Waals surface area contributed by atoms with Crippen molar-refractivity contribution in [2.24, 2.45) is 7.05 Å². The van der Waals surface area contributed by atoms with Crippen molar-refractivity contribution in [3.63, 3.8) is 0 Å². The third-order valence-corrected chi connectivity index (χ3v) is 3.94. The molecule has 2 N–H and O–H groups in total. The third-order valence-electron chi connectivity index (χ3n) is 3.94. The van der Waals surface area contributed by atoms with Crippen molar-refractivity contribution in [1.82, 2.24) is 25.8 Å². The van der Waals surface area contributed by atoms with Crippen molar-refractivity contribution in [3.05, 3.63) is 47.8 Å². The van der Waals surface area contributed by atoms with Crippen LogP contribution in [0.15, 0.2) is 36.5 Å². The Morgan fingerprint density at radius 3 is 2.75 bits per heavy atom. The Hall–Kier alpha value is -2.74. The normalized spacial score (nSPS) is 20.4. The van der Waals surface area contributed by atoms with Crippen LogP contribution in [0.4, 0.5) is 0 Å². The SMILES string of the molecule is Cn1cc(C(=O)NNC(=O)[C@@H]2OCCC[C@@H]2c2ccccc2)nn1. The number of hydrazine groups is 1. The zero-order chi connectivity index (χ0) is 16.9. The summed E-state index contributed by atoms with van der Waals surface area (Å²) >= 11 is 0. The van der Waals surface area contributed by atoms with E-state index in [-0.39, 0.29) is 17.5 Å². The number of rotatable bonds is 3. The zero-order valence-corrected chi connectivity index (χ0v) is 13.3. The van der Waals surface area contributed by atoms with Gasteiger partial charge in [-0.2, -0.15) is 0 Å². The van der Waals surface area contributed by atoms with Gasteiger partial charge in [-0.1, -0.05) is 35.5 Å². The first-order chi connectivity index (χ1) is 11.6. The Labute approximate surface area is 139 Å². The molecule has 8 nitrogen and oxygen atoms in total. The predicted molar refractivity (Wildman–Crippen MR) is 84.8 cm³/mol. The number of hydrogen-bond acceptors (Lipinski definition) is 5. The van der Waals surface area contributed by atoms with Crippen LogP contribution in [0.25, 0.3) is 0 Å². The fourth-order valence-electron chi connectivity index (χ4n) is 2.79. The Morgan fingerprint density at radius 1 is 1.25 bits per heavy atom. The largest absolute Gasteiger partial charge is 0.368 e. The second-order valence-electron chi connectivity index (χ2n) is 5.67. The summed E-state index contributed by atoms with van der Waals surface area (Å²) in [5.74, 6) is -0.933. The summed E-state index contributed by atoms with van der Waals surface area (Å²) in [6, 6.07) is 9.78. The zero-order valence-electron chi connectivity index (χ0n) is 13.3. The molecule has 24 heavy (non-hydrogen) atoms. The van der Waals surface area contributed by atoms with Gasteiger partial charge >= 0.3 is 0 Å². The fourth-order valence-corrected chi connectivity index (χ4v) is 2.79. The summed E-state index contributed by atoms with van der Waals surface area (Å²) in [7, 11) is 1.66. The number of nitrogens with zero attached hydrogens (tertiary/aromatic N) is 3. The topological polar surface area (TPSA) is 98.1 Å². The van der Waals surface area contributed by atoms with Crippen LogP contribution >= 0.6 is 0 Å². The highest BCUT2D eigenvalue weighted by Crippen LogP contribution is 2.30. The number of hydrogen-bond donors (Lipinski definition) is 2. The lowest BCUT2D eigenvalue weighted by Gasteiger charge is -2.31. The molecule has 126 valence electrons. The van der Waals surface area contributed by atoms with Gasteiger partial charge in [0.1, 0.15) is 6.10 Å². The van der Waals surface area contributed by atoms with Crippen molar-refractivity contribution in [3.8, 4) is 0 Å². The summed E-state index contributed by atoms with van der Waals surface area (Å²) in [4.78, 5) is 24.3. The second-order valence-corrected chi connectivity index (χ2v) is 5.67. The van der Waals surface area contributed by atoms with Gasteiger partial charge in [0.15, 0.2) is 5.69 Å². The number of ether oxygens (including phenoxy) is 1. The van der Waals surface area contributed by atoms with E-state index in [2.05, 4.69) is 21.2 Å². The highest BCUT2D eigenvalue weighted by molar-refractivity contribution is 5.94. The molecule has 0 spiro atoms. The van der Waals surface area contributed by atoms with Crippen LogP contribution in [0, 0.1) is 0 Å². The Balaban J connectivity index is 1.63. The smallest absolute Gasteiger partial charge is 0.291 e. The first kappa shape index (κ1) is 16.1. The van der Waals surface area contributed by atoms with Crippen molar-refractivity contribution < 1.29 is 14.3 Å². The number of amides is 2. The van der Waals surface area contributed by atoms with Crippen LogP contribution < -0.4 is 10.9 Å². The minimum absolute atomic E-state index is 0.0339. The van der Waals surface area contributed by atoms with E-state index in [9.17, 15) is 9.59 Å². The summed E-state index contributed by atoms with van der Waals surface area (Å²) in [5.41, 5.74) is 5.95. The lowest BCUT2D eigenvalue weighted by Crippen LogP contribution is -2.50. The Morgan fingerprint density at radius 2 is 2.04 bits per heavy atom. The Bertz CT molecular complexity index is 716. The maximum Gasteiger partial charge on any atom is 0.291 e. The molecule has 8 heteroatoms. The lowest BCUT2D eigenvalue weighted by molar-refractivity contribution is -0.138. The number of carbonyl (C=O) groups excluding carboxylic acids is 2. The molecular weight excluding hydrogens is 310 g/mol. The van der Waals surface area contributed by atoms with Gasteiger partial charge in [0.05, 0.1) is 6.20 Å². The second kappa shape index (κ2) is 7.22. The van der Waals surface area contributed by atoms with E-state index < -0.39 is 12.0 Å². The molecule has 2 amide bonds. The molecule has 3 rings (SSSR count). The van der Waals surface area contributed by atoms with Crippen LogP contribution in [0.5, 0.6) is 0 Å². The number of aryl methyl sites for hydroxylation is 1. The highest BCUT2D eigenvalue weighted by Gasteiger charge is 2.33. The first-order valence-electron chi connectivity index (χ1n) is 7.78. The number of carbonyl (C=O) groups is 2. The molecule has 1 aromatic carbocycles. The molecule has 2 aromatic rings. The summed E-state index contributed by atoms with van der Waals surface area (Å²) in [6.45, 7) is 0.527. The van der Waals surface area contributed by atoms with E-state index in [4.69, 9.17) is 4.74 Å². The van der Waals surface area contributed by atoms with E-state index >= 15 is 0 Å². The van der Waals surface area contributed by atoms with Gasteiger partial charge in [-0.25, -0.2) is 0 Å². The molecule has 0 saturated carbocycles. The molecule has 2 atom stereocenters. The minimum atomic E-state index is -0.636. The molecule has 1 aliphatic rings. The van der Waals surface area contributed by atoms with Crippen LogP contribution in [0.2, 0.25) is 0 Å². The molecule has 0 unspecified atom stereocenters. The molecule has 1 fully saturated rings. The van der Waals surface area contributed by atoms with Crippen molar-refractivity contribution in [2.45, 2.75) is 24.9 Å². The molecule has 0 aliphatic carbocycles. The first-order valence-corrected chi connectivity index (χ1v) is 7.78. The molecule has 0 bridgehead atoms. The van der Waals surface area contributed by atoms with E-state index in [0.29, 0.717) is 6.61 Å². The minimum Gasteiger partial charge on any atom is -0.368 e. The molecule has 1 aromatic heterocycles. The van der Waals surface area contributed by atoms with Gasteiger partial charge in [-0.05, 0) is 18.4 Å². The van der Waals surface area contributed by atoms with E-state index in [0.717, 1.165) is 18.4 Å². The summed E-state index contributed by atoms with van der Waals surface area (Å²) in [5, 5.41) is 7.36. The van der Waals surface area contributed by atoms with E-state index in [1.54, 1.807) is 7.05 Å². The lowest BCUT2D eigenvalue weighted by atomic mass is 9.87. The number of nitrogens with one attached hydrogen (secondary N) is 2. The van der Waals surface area contributed by atoms with Crippen LogP contribution in [0.1, 0.15) is 34.8 Å². The maximum absolute atomic E-state index is 12.4. The standard InChI is InChI=1S/C16H19N5O3/c1-21-10-13(17-20-21)15(22)18-19-16(23)14-12(8-5-9-24-14)11-6-3-2-4-7-11/h2-4,6-7,10,12,14H,5,8-9H2,1H3,(H,18,22)(H,19,23)/t12-,14-/m1/s1. The Kier molecular flexibility index (Phi) is 4.85. The number of aromatic nitrogens is 3. The average Bonchev–Trinajstić information content (AvgIpc) is 3.06. The molecule has 1 aliphatic heterocycles. The van der Waals surface area contributed by atoms with Gasteiger partial charge in [-0.15, -0.1) is 5.10 Å². The van der Waals surface area contributed by atoms with Gasteiger partial charge in [0.25, 0.3) is 11.8 Å². The van der Waals surface area contributed by atoms with E-state index in [1.165, 1.54) is 10.9 Å². The van der Waals surface area contributed by atoms with Crippen molar-refractivity contribution in [1.29, 1.82) is 0 Å². The van der Waals surface area contributed by atoms with Crippen LogP contribution in [-0.4, -0.2) is 39.5 Å². The molecule has 2 heterocycles. The molecule has 1 saturated heterocycles. The molecular formula is C16H19N5O3. The number of benzene rings is 1. The predicted octanol–water partition coefficient (Wildman–Crippen LogP) is 0.539. The average molecular weight is 329 g/mol. The van der Waals surface area contributed by atoms with Gasteiger partial charge < -0.3 is 4.74 Å². The van der Waals surface area contributed by atoms with Crippen molar-refractivity contribution >= 4 is 11.8 Å². The fraction of sp³-hybridized carbons (Fsp3) is 0.375. The maximum atomic E-state index is 12.4. The monoisotopic (exact) mass is 329 g/mol. The summed E-state index contributed by atoms with van der Waals surface area (Å²) in [6.07, 6.45) is 2.59. The third kappa shape index (κ3) is 3.60. The van der Waals surface area contributed by atoms with E-state index in [1.807, 2.05) is 30.3 Å². The van der Waals surface area contributed by atoms with Crippen LogP contribution in [0.3, 0.4) is 0 Å². The van der Waals surface area contributed by atoms with Gasteiger partial charge in [0.2, 0.25) is 0 Å². The van der Waals surface area contributed by atoms with Gasteiger partial charge in [-0.3, -0.25) is 25.1 Å². The highest BCUT2D eigenvalue weighted by atomic mass is 16.5. The van der Waals surface area contributed by atoms with Crippen molar-refractivity contribution in [2.75, 3.05) is 6.61 Å².